The topological polar surface area (TPSA) is 32.7 Å². The van der Waals surface area contributed by atoms with E-state index in [0.717, 1.165) is 5.01 Å². The van der Waals surface area contributed by atoms with Crippen LogP contribution in [0.1, 0.15) is 6.42 Å². The Labute approximate surface area is 45.8 Å². The summed E-state index contributed by atoms with van der Waals surface area (Å²) in [7, 11) is 0. The summed E-state index contributed by atoms with van der Waals surface area (Å²) in [6.45, 7) is -0.810. The molecule has 1 rings (SSSR count). The van der Waals surface area contributed by atoms with Gasteiger partial charge in [0.1, 0.15) is 0 Å². The third kappa shape index (κ3) is 0.685. The van der Waals surface area contributed by atoms with E-state index in [9.17, 15) is 9.18 Å². The van der Waals surface area contributed by atoms with Crippen LogP contribution in [0.4, 0.5) is 4.39 Å². The first-order valence-electron chi connectivity index (χ1n) is 2.23. The first kappa shape index (κ1) is 5.21. The van der Waals surface area contributed by atoms with Gasteiger partial charge in [-0.3, -0.25) is 4.79 Å². The van der Waals surface area contributed by atoms with Crippen molar-refractivity contribution in [3.63, 3.8) is 0 Å². The molecule has 8 heavy (non-hydrogen) atoms. The maximum absolute atomic E-state index is 11.5. The van der Waals surface area contributed by atoms with Crippen LogP contribution in [0, 0.1) is 0 Å². The molecule has 0 fully saturated rings. The van der Waals surface area contributed by atoms with Crippen LogP contribution in [0.5, 0.6) is 0 Å². The fraction of sp³-hybridized carbons (Fsp3) is 0.500. The summed E-state index contributed by atoms with van der Waals surface area (Å²) in [5, 5.41) is 4.21. The molecule has 1 aliphatic rings. The Morgan fingerprint density at radius 1 is 2.00 bits per heavy atom. The molecule has 4 heteroatoms. The highest BCUT2D eigenvalue weighted by atomic mass is 19.1. The standard InChI is InChI=1S/C4H5FN2O/c5-3-7-4(8)1-2-6-7/h2H,1,3H2. The third-order valence-corrected chi connectivity index (χ3v) is 0.888. The van der Waals surface area contributed by atoms with Crippen molar-refractivity contribution in [2.45, 2.75) is 6.42 Å². The number of nitrogens with zero attached hydrogens (tertiary/aromatic N) is 2. The Balaban J connectivity index is 2.53. The number of hydrazone groups is 1. The molecule has 1 amide bonds. The van der Waals surface area contributed by atoms with Gasteiger partial charge in [-0.05, 0) is 0 Å². The second-order valence-electron chi connectivity index (χ2n) is 1.41. The molecule has 1 aliphatic heterocycles. The number of amides is 1. The van der Waals surface area contributed by atoms with Crippen LogP contribution in [0.25, 0.3) is 0 Å². The Hall–Kier alpha value is -0.930. The summed E-state index contributed by atoms with van der Waals surface area (Å²) in [5.41, 5.74) is 0. The minimum Gasteiger partial charge on any atom is -0.272 e. The number of alkyl halides is 1. The number of rotatable bonds is 1. The van der Waals surface area contributed by atoms with E-state index in [0.29, 0.717) is 0 Å². The first-order chi connectivity index (χ1) is 3.84. The number of carbonyl (C=O) groups excluding carboxylic acids is 1. The third-order valence-electron chi connectivity index (χ3n) is 0.888. The zero-order valence-electron chi connectivity index (χ0n) is 4.17. The van der Waals surface area contributed by atoms with Crippen LogP contribution in [0.15, 0.2) is 5.10 Å². The predicted molar refractivity (Wildman–Crippen MR) is 25.9 cm³/mol. The van der Waals surface area contributed by atoms with Crippen LogP contribution in [-0.4, -0.2) is 23.9 Å². The molecule has 0 spiro atoms. The summed E-state index contributed by atoms with van der Waals surface area (Å²) in [5.74, 6) is -0.271. The lowest BCUT2D eigenvalue weighted by atomic mass is 10.5. The van der Waals surface area contributed by atoms with E-state index in [1.165, 1.54) is 6.21 Å². The molecule has 0 aromatic heterocycles. The molecule has 0 aromatic rings. The molecular formula is C4H5FN2O. The van der Waals surface area contributed by atoms with E-state index in [1.807, 2.05) is 0 Å². The van der Waals surface area contributed by atoms with Gasteiger partial charge in [-0.15, -0.1) is 0 Å². The van der Waals surface area contributed by atoms with Crippen molar-refractivity contribution < 1.29 is 9.18 Å². The Morgan fingerprint density at radius 3 is 3.00 bits per heavy atom. The van der Waals surface area contributed by atoms with Crippen molar-refractivity contribution in [2.75, 3.05) is 6.80 Å². The Bertz CT molecular complexity index is 134. The summed E-state index contributed by atoms with van der Waals surface area (Å²) < 4.78 is 11.5. The molecule has 0 radical (unpaired) electrons. The number of halogens is 1. The van der Waals surface area contributed by atoms with Crippen LogP contribution in [0.2, 0.25) is 0 Å². The van der Waals surface area contributed by atoms with Gasteiger partial charge >= 0.3 is 0 Å². The van der Waals surface area contributed by atoms with Crippen molar-refractivity contribution in [1.82, 2.24) is 5.01 Å². The van der Waals surface area contributed by atoms with E-state index < -0.39 is 6.80 Å². The summed E-state index contributed by atoms with van der Waals surface area (Å²) in [6, 6.07) is 0. The van der Waals surface area contributed by atoms with Gasteiger partial charge in [0.05, 0.1) is 6.42 Å². The smallest absolute Gasteiger partial charge is 0.250 e. The van der Waals surface area contributed by atoms with Crippen LogP contribution >= 0.6 is 0 Å². The molecule has 0 N–H and O–H groups in total. The summed E-state index contributed by atoms with van der Waals surface area (Å²) in [4.78, 5) is 10.4. The molecule has 44 valence electrons. The maximum atomic E-state index is 11.5. The normalized spacial score (nSPS) is 18.1. The summed E-state index contributed by atoms with van der Waals surface area (Å²) in [6.07, 6.45) is 1.63. The predicted octanol–water partition coefficient (Wildman–Crippen LogP) is 0.132. The fourth-order valence-electron chi connectivity index (χ4n) is 0.485. The number of hydrogen-bond donors (Lipinski definition) is 0. The van der Waals surface area contributed by atoms with Gasteiger partial charge in [0.2, 0.25) is 0 Å². The zero-order chi connectivity index (χ0) is 5.98. The van der Waals surface area contributed by atoms with Gasteiger partial charge < -0.3 is 0 Å². The minimum atomic E-state index is -0.810. The highest BCUT2D eigenvalue weighted by Gasteiger charge is 2.14. The molecule has 0 unspecified atom stereocenters. The van der Waals surface area contributed by atoms with Gasteiger partial charge in [-0.1, -0.05) is 0 Å². The average Bonchev–Trinajstić information content (AvgIpc) is 2.14. The fourth-order valence-corrected chi connectivity index (χ4v) is 0.485. The van der Waals surface area contributed by atoms with Gasteiger partial charge in [0.15, 0.2) is 6.80 Å². The van der Waals surface area contributed by atoms with Crippen LogP contribution in [-0.2, 0) is 4.79 Å². The van der Waals surface area contributed by atoms with Gasteiger partial charge in [-0.25, -0.2) is 9.40 Å². The maximum Gasteiger partial charge on any atom is 0.250 e. The monoisotopic (exact) mass is 116 g/mol. The quantitative estimate of drug-likeness (QED) is 0.448. The molecule has 0 bridgehead atoms. The molecule has 0 aliphatic carbocycles. The van der Waals surface area contributed by atoms with E-state index in [2.05, 4.69) is 5.10 Å². The van der Waals surface area contributed by atoms with Gasteiger partial charge in [-0.2, -0.15) is 5.10 Å². The zero-order valence-corrected chi connectivity index (χ0v) is 4.17. The second kappa shape index (κ2) is 1.90. The molecule has 0 atom stereocenters. The lowest BCUT2D eigenvalue weighted by molar-refractivity contribution is -0.130. The lowest BCUT2D eigenvalue weighted by Crippen LogP contribution is -2.18. The molecule has 0 aromatic carbocycles. The highest BCUT2D eigenvalue weighted by Crippen LogP contribution is 2.00. The van der Waals surface area contributed by atoms with E-state index in [-0.39, 0.29) is 12.3 Å². The number of carbonyl (C=O) groups is 1. The van der Waals surface area contributed by atoms with Gasteiger partial charge in [0.25, 0.3) is 5.91 Å². The van der Waals surface area contributed by atoms with Gasteiger partial charge in [0, 0.05) is 6.21 Å². The first-order valence-corrected chi connectivity index (χ1v) is 2.23. The molecule has 0 saturated heterocycles. The molecule has 0 saturated carbocycles. The van der Waals surface area contributed by atoms with Crippen molar-refractivity contribution in [3.8, 4) is 0 Å². The van der Waals surface area contributed by atoms with Crippen LogP contribution in [0.3, 0.4) is 0 Å². The summed E-state index contributed by atoms with van der Waals surface area (Å²) >= 11 is 0. The van der Waals surface area contributed by atoms with Crippen molar-refractivity contribution in [3.05, 3.63) is 0 Å². The molecule has 3 nitrogen and oxygen atoms in total. The lowest BCUT2D eigenvalue weighted by Gasteiger charge is -2.02. The van der Waals surface area contributed by atoms with E-state index in [4.69, 9.17) is 0 Å². The average molecular weight is 116 g/mol. The van der Waals surface area contributed by atoms with E-state index in [1.54, 1.807) is 0 Å². The van der Waals surface area contributed by atoms with Crippen molar-refractivity contribution in [1.29, 1.82) is 0 Å². The Morgan fingerprint density at radius 2 is 2.75 bits per heavy atom. The van der Waals surface area contributed by atoms with Crippen LogP contribution < -0.4 is 0 Å². The molecular weight excluding hydrogens is 111 g/mol. The van der Waals surface area contributed by atoms with Crippen molar-refractivity contribution >= 4 is 12.1 Å². The minimum absolute atomic E-state index is 0.240. The largest absolute Gasteiger partial charge is 0.272 e. The SMILES string of the molecule is O=C1CC=NN1CF. The second-order valence-corrected chi connectivity index (χ2v) is 1.41. The Kier molecular flexibility index (Phi) is 1.24. The van der Waals surface area contributed by atoms with Crippen molar-refractivity contribution in [2.24, 2.45) is 5.10 Å². The van der Waals surface area contributed by atoms with E-state index >= 15 is 0 Å². The highest BCUT2D eigenvalue weighted by molar-refractivity contribution is 5.93. The molecule has 1 heterocycles. The number of hydrogen-bond acceptors (Lipinski definition) is 2.